The van der Waals surface area contributed by atoms with Gasteiger partial charge in [-0.1, -0.05) is 18.6 Å². The monoisotopic (exact) mass is 474 g/mol. The van der Waals surface area contributed by atoms with Crippen LogP contribution in [0.4, 0.5) is 0 Å². The van der Waals surface area contributed by atoms with Gasteiger partial charge in [-0.25, -0.2) is 0 Å². The molecule has 1 aliphatic heterocycles. The molecule has 2 N–H and O–H groups in total. The summed E-state index contributed by atoms with van der Waals surface area (Å²) in [7, 11) is 1.71. The van der Waals surface area contributed by atoms with Crippen molar-refractivity contribution in [2.24, 2.45) is 4.99 Å². The molecule has 148 valence electrons. The van der Waals surface area contributed by atoms with E-state index in [-0.39, 0.29) is 24.0 Å². The summed E-state index contributed by atoms with van der Waals surface area (Å²) in [5, 5.41) is 6.75. The lowest BCUT2D eigenvalue weighted by atomic mass is 10.0. The first-order valence-corrected chi connectivity index (χ1v) is 9.57. The fourth-order valence-corrected chi connectivity index (χ4v) is 3.26. The maximum Gasteiger partial charge on any atom is 0.191 e. The number of nitrogens with zero attached hydrogens (tertiary/aromatic N) is 2. The van der Waals surface area contributed by atoms with E-state index in [1.807, 2.05) is 12.1 Å². The Morgan fingerprint density at radius 2 is 1.81 bits per heavy atom. The highest BCUT2D eigenvalue weighted by molar-refractivity contribution is 14.0. The minimum absolute atomic E-state index is 0. The minimum Gasteiger partial charge on any atom is -0.497 e. The van der Waals surface area contributed by atoms with E-state index >= 15 is 0 Å². The normalized spacial score (nSPS) is 16.7. The molecule has 5 nitrogen and oxygen atoms in total. The lowest BCUT2D eigenvalue weighted by Crippen LogP contribution is -2.42. The van der Waals surface area contributed by atoms with Crippen LogP contribution in [0.3, 0.4) is 0 Å². The van der Waals surface area contributed by atoms with Crippen molar-refractivity contribution in [3.63, 3.8) is 0 Å². The number of hydrogen-bond donors (Lipinski definition) is 2. The zero-order valence-corrected chi connectivity index (χ0v) is 19.0. The van der Waals surface area contributed by atoms with Crippen molar-refractivity contribution in [1.82, 2.24) is 15.5 Å². The molecule has 1 unspecified atom stereocenters. The van der Waals surface area contributed by atoms with Crippen LogP contribution >= 0.6 is 24.0 Å². The van der Waals surface area contributed by atoms with Gasteiger partial charge in [-0.2, -0.15) is 0 Å². The molecule has 0 radical (unpaired) electrons. The molecule has 0 saturated carbocycles. The number of likely N-dealkylation sites (tertiary alicyclic amines) is 1. The predicted molar refractivity (Wildman–Crippen MR) is 121 cm³/mol. The van der Waals surface area contributed by atoms with Crippen molar-refractivity contribution in [3.8, 4) is 5.75 Å². The topological polar surface area (TPSA) is 48.9 Å². The summed E-state index contributed by atoms with van der Waals surface area (Å²) in [5.41, 5.74) is 1.31. The number of hydrogen-bond acceptors (Lipinski definition) is 3. The largest absolute Gasteiger partial charge is 0.497 e. The zero-order chi connectivity index (χ0) is 18.1. The van der Waals surface area contributed by atoms with E-state index in [0.29, 0.717) is 12.1 Å². The van der Waals surface area contributed by atoms with Crippen LogP contribution in [0.2, 0.25) is 0 Å². The van der Waals surface area contributed by atoms with Crippen molar-refractivity contribution in [2.45, 2.75) is 52.1 Å². The molecule has 0 amide bonds. The summed E-state index contributed by atoms with van der Waals surface area (Å²) in [6, 6.07) is 9.13. The van der Waals surface area contributed by atoms with Crippen molar-refractivity contribution in [1.29, 1.82) is 0 Å². The number of piperidine rings is 1. The van der Waals surface area contributed by atoms with E-state index in [0.717, 1.165) is 37.9 Å². The maximum absolute atomic E-state index is 5.31. The first-order valence-electron chi connectivity index (χ1n) is 9.57. The van der Waals surface area contributed by atoms with E-state index in [4.69, 9.17) is 9.73 Å². The first kappa shape index (κ1) is 23.0. The Labute approximate surface area is 176 Å². The van der Waals surface area contributed by atoms with E-state index in [1.54, 1.807) is 7.11 Å². The number of aliphatic imine (C=N–C) groups is 1. The lowest BCUT2D eigenvalue weighted by molar-refractivity contribution is 0.167. The summed E-state index contributed by atoms with van der Waals surface area (Å²) in [6.45, 7) is 10.3. The van der Waals surface area contributed by atoms with Gasteiger partial charge in [0.2, 0.25) is 0 Å². The molecule has 0 bridgehead atoms. The Morgan fingerprint density at radius 1 is 1.15 bits per heavy atom. The first-order chi connectivity index (χ1) is 12.1. The van der Waals surface area contributed by atoms with Gasteiger partial charge in [0.15, 0.2) is 5.96 Å². The van der Waals surface area contributed by atoms with Gasteiger partial charge >= 0.3 is 0 Å². The van der Waals surface area contributed by atoms with Crippen LogP contribution < -0.4 is 15.4 Å². The molecule has 1 aromatic rings. The summed E-state index contributed by atoms with van der Waals surface area (Å²) in [6.07, 6.45) is 3.90. The van der Waals surface area contributed by atoms with Crippen LogP contribution in [0.1, 0.15) is 51.6 Å². The Hall–Kier alpha value is -1.02. The number of ether oxygens (including phenoxy) is 1. The van der Waals surface area contributed by atoms with Crippen molar-refractivity contribution < 1.29 is 4.74 Å². The molecule has 1 atom stereocenters. The highest BCUT2D eigenvalue weighted by Crippen LogP contribution is 2.26. The average molecular weight is 474 g/mol. The lowest BCUT2D eigenvalue weighted by Gasteiger charge is -2.34. The van der Waals surface area contributed by atoms with Crippen LogP contribution in [0.25, 0.3) is 0 Å². The van der Waals surface area contributed by atoms with E-state index in [2.05, 4.69) is 48.4 Å². The average Bonchev–Trinajstić information content (AvgIpc) is 2.63. The quantitative estimate of drug-likeness (QED) is 0.359. The Kier molecular flexibility index (Phi) is 11.0. The second-order valence-corrected chi connectivity index (χ2v) is 6.90. The molecule has 1 saturated heterocycles. The number of benzene rings is 1. The summed E-state index contributed by atoms with van der Waals surface area (Å²) < 4.78 is 5.31. The summed E-state index contributed by atoms with van der Waals surface area (Å²) in [5.74, 6) is 1.80. The third kappa shape index (κ3) is 7.31. The molecule has 0 spiro atoms. The summed E-state index contributed by atoms with van der Waals surface area (Å²) >= 11 is 0. The molecular weight excluding hydrogens is 439 g/mol. The number of rotatable bonds is 7. The Bertz CT molecular complexity index is 527. The predicted octanol–water partition coefficient (Wildman–Crippen LogP) is 3.80. The van der Waals surface area contributed by atoms with E-state index < -0.39 is 0 Å². The van der Waals surface area contributed by atoms with Gasteiger partial charge in [-0.05, 0) is 64.4 Å². The van der Waals surface area contributed by atoms with Crippen molar-refractivity contribution in [2.75, 3.05) is 33.3 Å². The van der Waals surface area contributed by atoms with Crippen LogP contribution in [-0.2, 0) is 0 Å². The van der Waals surface area contributed by atoms with Crippen molar-refractivity contribution >= 4 is 29.9 Å². The maximum atomic E-state index is 5.31. The fraction of sp³-hybridized carbons (Fsp3) is 0.650. The second kappa shape index (κ2) is 12.4. The molecule has 0 aliphatic carbocycles. The van der Waals surface area contributed by atoms with E-state index in [1.165, 1.54) is 24.8 Å². The third-order valence-corrected chi connectivity index (χ3v) is 4.52. The molecule has 1 heterocycles. The highest BCUT2D eigenvalue weighted by atomic mass is 127. The van der Waals surface area contributed by atoms with Gasteiger partial charge in [-0.3, -0.25) is 9.89 Å². The molecule has 26 heavy (non-hydrogen) atoms. The second-order valence-electron chi connectivity index (χ2n) is 6.90. The Balaban J connectivity index is 0.00000338. The van der Waals surface area contributed by atoms with Crippen LogP contribution in [0.15, 0.2) is 29.3 Å². The van der Waals surface area contributed by atoms with Gasteiger partial charge in [0.1, 0.15) is 5.75 Å². The summed E-state index contributed by atoms with van der Waals surface area (Å²) in [4.78, 5) is 7.45. The fourth-order valence-electron chi connectivity index (χ4n) is 3.26. The highest BCUT2D eigenvalue weighted by Gasteiger charge is 2.22. The number of guanidine groups is 1. The number of methoxy groups -OCH3 is 1. The number of halogens is 1. The smallest absolute Gasteiger partial charge is 0.191 e. The SMILES string of the molecule is CCNC(=NCC(c1ccc(OC)cc1)N1CCCCC1)NC(C)C.I. The molecule has 2 rings (SSSR count). The molecule has 1 fully saturated rings. The molecule has 1 aliphatic rings. The van der Waals surface area contributed by atoms with Crippen LogP contribution in [0, 0.1) is 0 Å². The molecule has 1 aromatic carbocycles. The Morgan fingerprint density at radius 3 is 2.35 bits per heavy atom. The van der Waals surface area contributed by atoms with E-state index in [9.17, 15) is 0 Å². The van der Waals surface area contributed by atoms with Gasteiger partial charge in [0.25, 0.3) is 0 Å². The minimum atomic E-state index is 0. The van der Waals surface area contributed by atoms with Gasteiger partial charge < -0.3 is 15.4 Å². The molecular formula is C20H35IN4O. The molecule has 0 aromatic heterocycles. The van der Waals surface area contributed by atoms with Gasteiger partial charge in [-0.15, -0.1) is 24.0 Å². The van der Waals surface area contributed by atoms with Gasteiger partial charge in [0.05, 0.1) is 19.7 Å². The number of nitrogens with one attached hydrogen (secondary N) is 2. The van der Waals surface area contributed by atoms with Crippen LogP contribution in [-0.4, -0.2) is 50.2 Å². The molecule has 6 heteroatoms. The standard InChI is InChI=1S/C20H34N4O.HI/c1-5-21-20(23-16(2)3)22-15-19(24-13-7-6-8-14-24)17-9-11-18(25-4)12-10-17;/h9-12,16,19H,5-8,13-15H2,1-4H3,(H2,21,22,23);1H. The zero-order valence-electron chi connectivity index (χ0n) is 16.6. The third-order valence-electron chi connectivity index (χ3n) is 4.52. The van der Waals surface area contributed by atoms with Crippen LogP contribution in [0.5, 0.6) is 5.75 Å². The van der Waals surface area contributed by atoms with Crippen molar-refractivity contribution in [3.05, 3.63) is 29.8 Å². The van der Waals surface area contributed by atoms with Gasteiger partial charge in [0, 0.05) is 12.6 Å².